The number of benzene rings is 1. The van der Waals surface area contributed by atoms with Gasteiger partial charge in [-0.25, -0.2) is 4.98 Å². The molecule has 3 amide bonds. The first-order valence-electron chi connectivity index (χ1n) is 7.50. The molecule has 1 aromatic heterocycles. The molecule has 0 radical (unpaired) electrons. The first kappa shape index (κ1) is 18.9. The zero-order chi connectivity index (χ0) is 18.2. The smallest absolute Gasteiger partial charge is 0.251 e. The molecule has 7 nitrogen and oxygen atoms in total. The minimum Gasteiger partial charge on any atom is -0.369 e. The van der Waals surface area contributed by atoms with Gasteiger partial charge in [0.15, 0.2) is 5.13 Å². The number of rotatable bonds is 8. The molecule has 0 spiro atoms. The summed E-state index contributed by atoms with van der Waals surface area (Å²) in [6.45, 7) is 0.375. The Morgan fingerprint density at radius 2 is 1.92 bits per heavy atom. The van der Waals surface area contributed by atoms with E-state index in [9.17, 15) is 14.4 Å². The fraction of sp³-hybridized carbons (Fsp3) is 0.250. The Kier molecular flexibility index (Phi) is 6.91. The normalized spacial score (nSPS) is 10.3. The molecule has 1 aromatic carbocycles. The van der Waals surface area contributed by atoms with E-state index in [-0.39, 0.29) is 24.7 Å². The summed E-state index contributed by atoms with van der Waals surface area (Å²) in [5.74, 6) is -0.895. The van der Waals surface area contributed by atoms with Crippen molar-refractivity contribution in [3.05, 3.63) is 45.9 Å². The molecule has 0 aliphatic heterocycles. The second-order valence-corrected chi connectivity index (χ2v) is 6.50. The molecular formula is C16H17ClN4O3S. The summed E-state index contributed by atoms with van der Waals surface area (Å²) in [6, 6.07) is 6.56. The number of hydrogen-bond donors (Lipinski definition) is 3. The number of anilines is 1. The van der Waals surface area contributed by atoms with E-state index in [4.69, 9.17) is 17.3 Å². The van der Waals surface area contributed by atoms with Crippen molar-refractivity contribution in [3.63, 3.8) is 0 Å². The van der Waals surface area contributed by atoms with Crippen molar-refractivity contribution in [2.45, 2.75) is 19.3 Å². The number of thiazole rings is 1. The number of primary amides is 1. The quantitative estimate of drug-likeness (QED) is 0.607. The molecule has 132 valence electrons. The standard InChI is InChI=1S/C16H17ClN4O3S/c17-11-5-3-10(4-6-11)15(24)19-7-1-2-14(23)21-16-20-12(9-25-16)8-13(18)22/h3-6,9H,1-2,7-8H2,(H2,18,22)(H,19,24)(H,20,21,23). The van der Waals surface area contributed by atoms with Gasteiger partial charge in [0, 0.05) is 28.9 Å². The third-order valence-corrected chi connectivity index (χ3v) is 4.18. The zero-order valence-corrected chi connectivity index (χ0v) is 14.8. The lowest BCUT2D eigenvalue weighted by atomic mass is 10.2. The highest BCUT2D eigenvalue weighted by molar-refractivity contribution is 7.13. The van der Waals surface area contributed by atoms with Crippen LogP contribution in [0.25, 0.3) is 0 Å². The maximum Gasteiger partial charge on any atom is 0.251 e. The molecule has 0 aliphatic carbocycles. The maximum atomic E-state index is 11.9. The minimum atomic E-state index is -0.473. The highest BCUT2D eigenvalue weighted by atomic mass is 35.5. The maximum absolute atomic E-state index is 11.9. The van der Waals surface area contributed by atoms with Crippen molar-refractivity contribution in [2.75, 3.05) is 11.9 Å². The summed E-state index contributed by atoms with van der Waals surface area (Å²) in [6.07, 6.45) is 0.777. The first-order valence-corrected chi connectivity index (χ1v) is 8.76. The van der Waals surface area contributed by atoms with Crippen molar-refractivity contribution in [3.8, 4) is 0 Å². The third-order valence-electron chi connectivity index (χ3n) is 3.13. The fourth-order valence-corrected chi connectivity index (χ4v) is 2.81. The predicted molar refractivity (Wildman–Crippen MR) is 96.7 cm³/mol. The molecule has 9 heteroatoms. The van der Waals surface area contributed by atoms with Crippen LogP contribution in [-0.2, 0) is 16.0 Å². The molecule has 0 aliphatic rings. The number of amides is 3. The highest BCUT2D eigenvalue weighted by Gasteiger charge is 2.09. The van der Waals surface area contributed by atoms with Crippen molar-refractivity contribution < 1.29 is 14.4 Å². The Bertz CT molecular complexity index is 761. The van der Waals surface area contributed by atoms with E-state index < -0.39 is 5.91 Å². The number of carbonyl (C=O) groups excluding carboxylic acids is 3. The molecule has 2 rings (SSSR count). The van der Waals surface area contributed by atoms with Crippen molar-refractivity contribution in [2.24, 2.45) is 5.73 Å². The van der Waals surface area contributed by atoms with Gasteiger partial charge in [0.05, 0.1) is 12.1 Å². The highest BCUT2D eigenvalue weighted by Crippen LogP contribution is 2.16. The fourth-order valence-electron chi connectivity index (χ4n) is 1.96. The van der Waals surface area contributed by atoms with E-state index in [0.29, 0.717) is 34.4 Å². The minimum absolute atomic E-state index is 0.0447. The Hall–Kier alpha value is -2.45. The van der Waals surface area contributed by atoms with Crippen LogP contribution in [0.1, 0.15) is 28.9 Å². The van der Waals surface area contributed by atoms with E-state index >= 15 is 0 Å². The molecule has 2 aromatic rings. The number of halogens is 1. The number of aromatic nitrogens is 1. The molecule has 0 bridgehead atoms. The zero-order valence-electron chi connectivity index (χ0n) is 13.3. The number of hydrogen-bond acceptors (Lipinski definition) is 5. The van der Waals surface area contributed by atoms with Crippen LogP contribution in [0.3, 0.4) is 0 Å². The van der Waals surface area contributed by atoms with Gasteiger partial charge in [0.25, 0.3) is 5.91 Å². The average molecular weight is 381 g/mol. The van der Waals surface area contributed by atoms with Gasteiger partial charge in [-0.05, 0) is 30.7 Å². The molecule has 0 saturated carbocycles. The van der Waals surface area contributed by atoms with Crippen molar-refractivity contribution in [1.82, 2.24) is 10.3 Å². The van der Waals surface area contributed by atoms with E-state index in [1.54, 1.807) is 29.6 Å². The van der Waals surface area contributed by atoms with Crippen LogP contribution in [0, 0.1) is 0 Å². The van der Waals surface area contributed by atoms with E-state index in [2.05, 4.69) is 15.6 Å². The topological polar surface area (TPSA) is 114 Å². The van der Waals surface area contributed by atoms with Crippen LogP contribution < -0.4 is 16.4 Å². The van der Waals surface area contributed by atoms with Crippen LogP contribution >= 0.6 is 22.9 Å². The van der Waals surface area contributed by atoms with E-state index in [1.807, 2.05) is 0 Å². The van der Waals surface area contributed by atoms with Gasteiger partial charge in [-0.3, -0.25) is 14.4 Å². The first-order chi connectivity index (χ1) is 11.9. The molecule has 0 atom stereocenters. The van der Waals surface area contributed by atoms with Crippen LogP contribution in [0.4, 0.5) is 5.13 Å². The summed E-state index contributed by atoms with van der Waals surface area (Å²) in [5, 5.41) is 8.05. The molecule has 4 N–H and O–H groups in total. The van der Waals surface area contributed by atoms with Gasteiger partial charge in [-0.1, -0.05) is 11.6 Å². The van der Waals surface area contributed by atoms with E-state index in [1.165, 1.54) is 11.3 Å². The van der Waals surface area contributed by atoms with Crippen molar-refractivity contribution in [1.29, 1.82) is 0 Å². The van der Waals surface area contributed by atoms with Gasteiger partial charge in [-0.2, -0.15) is 0 Å². The molecular weight excluding hydrogens is 364 g/mol. The van der Waals surface area contributed by atoms with Gasteiger partial charge in [0.1, 0.15) is 0 Å². The van der Waals surface area contributed by atoms with Gasteiger partial charge >= 0.3 is 0 Å². The summed E-state index contributed by atoms with van der Waals surface area (Å²) in [4.78, 5) is 38.6. The molecule has 1 heterocycles. The Balaban J connectivity index is 1.68. The average Bonchev–Trinajstić information content (AvgIpc) is 2.98. The third kappa shape index (κ3) is 6.52. The second kappa shape index (κ2) is 9.14. The Labute approximate surface area is 153 Å². The molecule has 25 heavy (non-hydrogen) atoms. The lowest BCUT2D eigenvalue weighted by Gasteiger charge is -2.05. The lowest BCUT2D eigenvalue weighted by Crippen LogP contribution is -2.25. The van der Waals surface area contributed by atoms with Gasteiger partial charge in [-0.15, -0.1) is 11.3 Å². The summed E-state index contributed by atoms with van der Waals surface area (Å²) in [5.41, 5.74) is 6.13. The Morgan fingerprint density at radius 3 is 2.60 bits per heavy atom. The van der Waals surface area contributed by atoms with Crippen LogP contribution in [0.15, 0.2) is 29.6 Å². The molecule has 0 fully saturated rings. The largest absolute Gasteiger partial charge is 0.369 e. The number of nitrogens with one attached hydrogen (secondary N) is 2. The second-order valence-electron chi connectivity index (χ2n) is 5.20. The monoisotopic (exact) mass is 380 g/mol. The predicted octanol–water partition coefficient (Wildman–Crippen LogP) is 1.97. The summed E-state index contributed by atoms with van der Waals surface area (Å²) < 4.78 is 0. The van der Waals surface area contributed by atoms with Crippen LogP contribution in [0.5, 0.6) is 0 Å². The summed E-state index contributed by atoms with van der Waals surface area (Å²) >= 11 is 7.00. The summed E-state index contributed by atoms with van der Waals surface area (Å²) in [7, 11) is 0. The van der Waals surface area contributed by atoms with Crippen molar-refractivity contribution >= 4 is 45.8 Å². The van der Waals surface area contributed by atoms with Crippen LogP contribution in [0.2, 0.25) is 5.02 Å². The van der Waals surface area contributed by atoms with Crippen LogP contribution in [-0.4, -0.2) is 29.3 Å². The number of carbonyl (C=O) groups is 3. The lowest BCUT2D eigenvalue weighted by molar-refractivity contribution is -0.117. The van der Waals surface area contributed by atoms with Gasteiger partial charge in [0.2, 0.25) is 11.8 Å². The van der Waals surface area contributed by atoms with E-state index in [0.717, 1.165) is 0 Å². The number of nitrogens with two attached hydrogens (primary N) is 1. The molecule has 0 unspecified atom stereocenters. The van der Waals surface area contributed by atoms with Gasteiger partial charge < -0.3 is 16.4 Å². The Morgan fingerprint density at radius 1 is 1.20 bits per heavy atom. The molecule has 0 saturated heterocycles. The SMILES string of the molecule is NC(=O)Cc1csc(NC(=O)CCCNC(=O)c2ccc(Cl)cc2)n1. The number of nitrogens with zero attached hydrogens (tertiary/aromatic N) is 1.